The molecule has 0 saturated carbocycles. The molecule has 0 radical (unpaired) electrons. The van der Waals surface area contributed by atoms with Crippen LogP contribution in [0.5, 0.6) is 23.0 Å². The number of ketones is 2. The molecule has 1 aliphatic heterocycles. The number of imidazole rings is 2. The maximum absolute atomic E-state index is 12.9. The standard InChI is InChI=1S/C36H42N6O4.C26H26N6O.C9H10O4.C9H10O2.CH4.O2Se/c1-7-41(35(43)46-36(3,4)5)22-26-19-37-20-29(23(26)2)25-13-16-31-28(18-25)33(40-42(31)32-10-8-9-17-45-32)34-38-21-30(39-34)24-11-14-27(44-6)15-12-24;1-4-27-12-19-13-28-14-22(16(19)2)18-7-10-23-21(11-18)25(32-31-23)26-29-15-24(30-26)17-5-8-20(33-3)9-6-17;1-13-7-4-2-6(3-5-7)8(10)9(11)12;1-7(10)8-3-5-9(11-2)6-4-8;;1-3-2/h11-16,18-21,32H,7-10,17,22H2,1-6H3,(H,38,39);5-11,13-15,27H,4,12H2,1-3H3,(H,29,30)(H,31,32);2-5,9,11-12H,1H3;3-6H,1-2H3;1H4;. The monoisotopic (exact) mass is 1520 g/mol. The molecule has 0 spiro atoms. The van der Waals surface area contributed by atoms with Gasteiger partial charge in [-0.25, -0.2) is 19.4 Å². The number of aromatic nitrogens is 10. The molecule has 1 saturated heterocycles. The molecule has 560 valence electrons. The number of carbonyl (C=O) groups is 3. The van der Waals surface area contributed by atoms with E-state index >= 15 is 0 Å². The van der Waals surface area contributed by atoms with Crippen molar-refractivity contribution in [1.82, 2.24) is 60.1 Å². The topological polar surface area (TPSA) is 326 Å². The molecule has 1 atom stereocenters. The van der Waals surface area contributed by atoms with Gasteiger partial charge in [0, 0.05) is 77.5 Å². The van der Waals surface area contributed by atoms with Crippen molar-refractivity contribution < 1.29 is 60.7 Å². The molecule has 13 rings (SSSR count). The van der Waals surface area contributed by atoms with Gasteiger partial charge in [0.25, 0.3) is 0 Å². The fourth-order valence-electron chi connectivity index (χ4n) is 11.6. The Hall–Kier alpha value is -11.3. The van der Waals surface area contributed by atoms with Gasteiger partial charge in [0.05, 0.1) is 69.8 Å². The van der Waals surface area contributed by atoms with Crippen LogP contribution in [0.3, 0.4) is 0 Å². The molecule has 7 heterocycles. The van der Waals surface area contributed by atoms with Gasteiger partial charge < -0.3 is 58.8 Å². The second kappa shape index (κ2) is 38.7. The van der Waals surface area contributed by atoms with Crippen molar-refractivity contribution in [3.63, 3.8) is 0 Å². The number of hydrogen-bond donors (Lipinski definition) is 6. The fourth-order valence-corrected chi connectivity index (χ4v) is 11.6. The van der Waals surface area contributed by atoms with E-state index in [1.54, 1.807) is 69.6 Å². The van der Waals surface area contributed by atoms with Crippen molar-refractivity contribution in [2.24, 2.45) is 0 Å². The molecule has 26 heteroatoms. The number of nitrogens with one attached hydrogen (secondary N) is 4. The Morgan fingerprint density at radius 2 is 1.13 bits per heavy atom. The van der Waals surface area contributed by atoms with Crippen molar-refractivity contribution >= 4 is 54.3 Å². The molecule has 1 aliphatic rings. The number of ether oxygens (including phenoxy) is 6. The zero-order valence-corrected chi connectivity index (χ0v) is 63.1. The van der Waals surface area contributed by atoms with E-state index in [0.29, 0.717) is 30.2 Å². The number of carbonyl (C=O) groups excluding carboxylic acids is 3. The summed E-state index contributed by atoms with van der Waals surface area (Å²) in [6.07, 6.45) is 11.9. The third-order valence-corrected chi connectivity index (χ3v) is 17.4. The third kappa shape index (κ3) is 21.1. The van der Waals surface area contributed by atoms with E-state index in [1.807, 2.05) is 118 Å². The third-order valence-electron chi connectivity index (χ3n) is 17.4. The number of pyridine rings is 2. The summed E-state index contributed by atoms with van der Waals surface area (Å²) in [6.45, 7) is 18.8. The molecule has 1 amide bonds. The van der Waals surface area contributed by atoms with Crippen LogP contribution in [0, 0.1) is 13.8 Å². The number of methoxy groups -OCH3 is 4. The van der Waals surface area contributed by atoms with E-state index in [2.05, 4.69) is 97.6 Å². The average Bonchev–Trinajstić information content (AvgIpc) is 1.61. The Balaban J connectivity index is 0.000000204. The quantitative estimate of drug-likeness (QED) is 0.0234. The van der Waals surface area contributed by atoms with Gasteiger partial charge in [-0.3, -0.25) is 24.7 Å². The van der Waals surface area contributed by atoms with Gasteiger partial charge in [0.15, 0.2) is 23.7 Å². The van der Waals surface area contributed by atoms with E-state index in [9.17, 15) is 14.4 Å². The van der Waals surface area contributed by atoms with Crippen LogP contribution >= 0.6 is 0 Å². The van der Waals surface area contributed by atoms with Gasteiger partial charge in [-0.15, -0.1) is 0 Å². The molecule has 6 aromatic carbocycles. The summed E-state index contributed by atoms with van der Waals surface area (Å²) in [6, 6.07) is 41.6. The van der Waals surface area contributed by atoms with Crippen molar-refractivity contribution in [1.29, 1.82) is 0 Å². The van der Waals surface area contributed by atoms with Crippen molar-refractivity contribution in [2.75, 3.05) is 48.1 Å². The zero-order valence-electron chi connectivity index (χ0n) is 61.3. The number of rotatable bonds is 20. The summed E-state index contributed by atoms with van der Waals surface area (Å²) in [5.41, 5.74) is 16.4. The Kier molecular flexibility index (Phi) is 29.4. The molecule has 0 aliphatic carbocycles. The number of nitrogens with zero attached hydrogens (tertiary/aromatic N) is 8. The van der Waals surface area contributed by atoms with Gasteiger partial charge in [-0.2, -0.15) is 10.2 Å². The summed E-state index contributed by atoms with van der Waals surface area (Å²) in [5, 5.41) is 35.3. The van der Waals surface area contributed by atoms with Gasteiger partial charge in [0.1, 0.15) is 40.0 Å². The minimum absolute atomic E-state index is 0. The molecule has 6 N–H and O–H groups in total. The van der Waals surface area contributed by atoms with Gasteiger partial charge in [0.2, 0.25) is 12.1 Å². The van der Waals surface area contributed by atoms with Crippen LogP contribution in [0.4, 0.5) is 4.79 Å². The van der Waals surface area contributed by atoms with Crippen LogP contribution in [0.25, 0.3) is 89.6 Å². The zero-order chi connectivity index (χ0) is 76.0. The average molecular weight is 1520 g/mol. The summed E-state index contributed by atoms with van der Waals surface area (Å²) in [4.78, 5) is 61.7. The number of aromatic amines is 3. The van der Waals surface area contributed by atoms with Crippen LogP contribution in [0.2, 0.25) is 0 Å². The van der Waals surface area contributed by atoms with Gasteiger partial charge in [-0.1, -0.05) is 26.5 Å². The van der Waals surface area contributed by atoms with E-state index in [1.165, 1.54) is 30.4 Å². The second-order valence-corrected chi connectivity index (χ2v) is 25.7. The number of hydrogen-bond acceptors (Lipinski definition) is 20. The van der Waals surface area contributed by atoms with Crippen molar-refractivity contribution in [3.8, 4) is 90.8 Å². The number of Topliss-reactive ketones (excluding diaryl/α,β-unsaturated/α-hetero) is 2. The molecule has 1 fully saturated rings. The number of H-pyrrole nitrogens is 3. The van der Waals surface area contributed by atoms with Crippen LogP contribution in [0.1, 0.15) is 117 Å². The van der Waals surface area contributed by atoms with Crippen molar-refractivity contribution in [2.45, 2.75) is 113 Å². The number of amides is 1. The first-order valence-corrected chi connectivity index (χ1v) is 35.7. The maximum atomic E-state index is 12.9. The molecule has 6 aromatic heterocycles. The normalized spacial score (nSPS) is 12.3. The van der Waals surface area contributed by atoms with Crippen LogP contribution in [0.15, 0.2) is 171 Å². The van der Waals surface area contributed by atoms with Gasteiger partial charge >= 0.3 is 28.6 Å². The summed E-state index contributed by atoms with van der Waals surface area (Å²) >= 11 is -1.62. The first kappa shape index (κ1) is 81.4. The van der Waals surface area contributed by atoms with E-state index in [-0.39, 0.29) is 31.1 Å². The fraction of sp³-hybridized carbons (Fsp3) is 0.296. The van der Waals surface area contributed by atoms with Crippen molar-refractivity contribution in [3.05, 3.63) is 204 Å². The van der Waals surface area contributed by atoms with Crippen LogP contribution in [-0.2, 0) is 30.2 Å². The SMILES string of the molecule is C.CCN(Cc1cncc(-c2ccc3c(c2)c(-c2ncc(-c4ccc(OC)cc4)[nH]2)nn3C2CCCCO2)c1C)C(=O)OC(C)(C)C.CCNCc1cncc(-c2ccc3[nH]nc(-c4ncc(-c5ccc(OC)cc5)[nH]4)c3c2)c1C.COc1ccc(C(=O)C(O)O)cc1.COc1ccc(C(C)=O)cc1.O=[Se]=O. The van der Waals surface area contributed by atoms with E-state index < -0.39 is 32.5 Å². The van der Waals surface area contributed by atoms with Gasteiger partial charge in [-0.05, 0) is 240 Å². The Morgan fingerprint density at radius 3 is 1.62 bits per heavy atom. The number of aliphatic hydroxyl groups is 2. The number of benzene rings is 6. The van der Waals surface area contributed by atoms with Crippen LogP contribution in [-0.4, -0.2) is 158 Å². The van der Waals surface area contributed by atoms with E-state index in [4.69, 9.17) is 56.4 Å². The summed E-state index contributed by atoms with van der Waals surface area (Å²) < 4.78 is 51.1. The molecule has 1 unspecified atom stereocenters. The molecule has 0 bridgehead atoms. The summed E-state index contributed by atoms with van der Waals surface area (Å²) in [5.74, 6) is 3.77. The second-order valence-electron chi connectivity index (χ2n) is 25.5. The number of fused-ring (bicyclic) bond motifs is 2. The number of aliphatic hydroxyl groups excluding tert-OH is 1. The first-order chi connectivity index (χ1) is 51.1. The molecule has 25 nitrogen and oxygen atoms in total. The molecular formula is C81H92N12O13Se. The van der Waals surface area contributed by atoms with E-state index in [0.717, 1.165) is 151 Å². The molecule has 107 heavy (non-hydrogen) atoms. The first-order valence-electron chi connectivity index (χ1n) is 34.3. The summed E-state index contributed by atoms with van der Waals surface area (Å²) in [7, 11) is 6.43. The molecule has 12 aromatic rings. The predicted octanol–water partition coefficient (Wildman–Crippen LogP) is 15.1. The Bertz CT molecular complexity index is 4940. The Labute approximate surface area is 628 Å². The minimum atomic E-state index is -1.95. The van der Waals surface area contributed by atoms with Crippen LogP contribution < -0.4 is 24.3 Å². The molecular weight excluding hydrogens is 1430 g/mol. The Morgan fingerprint density at radius 1 is 0.645 bits per heavy atom. The predicted molar refractivity (Wildman–Crippen MR) is 412 cm³/mol.